The highest BCUT2D eigenvalue weighted by Crippen LogP contribution is 2.42. The number of nitrogens with one attached hydrogen (secondary N) is 3. The predicted octanol–water partition coefficient (Wildman–Crippen LogP) is 2.18. The molecular weight excluding hydrogens is 546 g/mol. The molecule has 1 aromatic rings. The van der Waals surface area contributed by atoms with Gasteiger partial charge in [-0.1, -0.05) is 5.16 Å². The molecule has 0 radical (unpaired) electrons. The second kappa shape index (κ2) is 11.3. The lowest BCUT2D eigenvalue weighted by molar-refractivity contribution is -0.203. The first-order chi connectivity index (χ1) is 18.6. The molecule has 0 aliphatic carbocycles. The Hall–Kier alpha value is -3.30. The van der Waals surface area contributed by atoms with Gasteiger partial charge in [0.2, 0.25) is 5.60 Å². The van der Waals surface area contributed by atoms with Gasteiger partial charge in [-0.3, -0.25) is 19.7 Å². The summed E-state index contributed by atoms with van der Waals surface area (Å²) in [6.45, 7) is 10.3. The van der Waals surface area contributed by atoms with Crippen LogP contribution in [0.1, 0.15) is 72.9 Å². The van der Waals surface area contributed by atoms with Crippen molar-refractivity contribution >= 4 is 46.1 Å². The van der Waals surface area contributed by atoms with Gasteiger partial charge >= 0.3 is 12.1 Å². The van der Waals surface area contributed by atoms with Gasteiger partial charge in [0, 0.05) is 18.2 Å². The van der Waals surface area contributed by atoms with Crippen LogP contribution in [0.15, 0.2) is 10.5 Å². The molecule has 40 heavy (non-hydrogen) atoms. The van der Waals surface area contributed by atoms with E-state index in [2.05, 4.69) is 26.3 Å². The molecular formula is C25H35N5O9S. The lowest BCUT2D eigenvalue weighted by Crippen LogP contribution is -2.51. The van der Waals surface area contributed by atoms with Crippen molar-refractivity contribution in [3.8, 4) is 0 Å². The van der Waals surface area contributed by atoms with Gasteiger partial charge in [0.25, 0.3) is 11.8 Å². The molecule has 3 aliphatic heterocycles. The predicted molar refractivity (Wildman–Crippen MR) is 141 cm³/mol. The summed E-state index contributed by atoms with van der Waals surface area (Å²) in [6, 6.07) is -0.977. The van der Waals surface area contributed by atoms with Gasteiger partial charge in [-0.15, -0.1) is 11.3 Å². The average molecular weight is 582 g/mol. The topological polar surface area (TPSA) is 176 Å². The summed E-state index contributed by atoms with van der Waals surface area (Å²) < 4.78 is 16.8. The van der Waals surface area contributed by atoms with Crippen LogP contribution in [0.3, 0.4) is 0 Å². The minimum atomic E-state index is -1.50. The van der Waals surface area contributed by atoms with Gasteiger partial charge in [0.15, 0.2) is 10.8 Å². The van der Waals surface area contributed by atoms with E-state index in [0.29, 0.717) is 0 Å². The summed E-state index contributed by atoms with van der Waals surface area (Å²) in [6.07, 6.45) is 0.741. The second-order valence-electron chi connectivity index (χ2n) is 11.9. The number of thiazole rings is 1. The van der Waals surface area contributed by atoms with E-state index >= 15 is 0 Å². The Morgan fingerprint density at radius 3 is 2.33 bits per heavy atom. The van der Waals surface area contributed by atoms with Gasteiger partial charge in [-0.2, -0.15) is 0 Å². The zero-order chi connectivity index (χ0) is 29.3. The number of hydrogen-bond acceptors (Lipinski definition) is 12. The molecule has 1 aromatic heterocycles. The van der Waals surface area contributed by atoms with Gasteiger partial charge in [0.05, 0.1) is 12.2 Å². The Bertz CT molecular complexity index is 1170. The summed E-state index contributed by atoms with van der Waals surface area (Å²) in [4.78, 5) is 66.1. The molecule has 3 saturated heterocycles. The molecule has 0 saturated carbocycles. The minimum absolute atomic E-state index is 0.0438. The van der Waals surface area contributed by atoms with Crippen molar-refractivity contribution in [1.82, 2.24) is 15.8 Å². The van der Waals surface area contributed by atoms with Crippen LogP contribution in [0.4, 0.5) is 9.93 Å². The number of hydroxylamine groups is 1. The van der Waals surface area contributed by atoms with Crippen LogP contribution in [0.25, 0.3) is 0 Å². The lowest BCUT2D eigenvalue weighted by atomic mass is 9.90. The van der Waals surface area contributed by atoms with Gasteiger partial charge in [0.1, 0.15) is 29.5 Å². The van der Waals surface area contributed by atoms with Crippen LogP contribution >= 0.6 is 11.3 Å². The van der Waals surface area contributed by atoms with Crippen LogP contribution < -0.4 is 16.1 Å². The van der Waals surface area contributed by atoms with Crippen LogP contribution in [0.2, 0.25) is 0 Å². The fraction of sp³-hybridized carbons (Fsp3) is 0.680. The van der Waals surface area contributed by atoms with Crippen molar-refractivity contribution in [2.45, 2.75) is 102 Å². The number of esters is 1. The van der Waals surface area contributed by atoms with E-state index in [1.165, 1.54) is 5.38 Å². The highest BCUT2D eigenvalue weighted by molar-refractivity contribution is 7.14. The average Bonchev–Trinajstić information content (AvgIpc) is 3.52. The quantitative estimate of drug-likeness (QED) is 0.246. The Balaban J connectivity index is 1.63. The van der Waals surface area contributed by atoms with Crippen LogP contribution in [-0.4, -0.2) is 76.2 Å². The van der Waals surface area contributed by atoms with Crippen molar-refractivity contribution < 1.29 is 43.1 Å². The Labute approximate surface area is 235 Å². The van der Waals surface area contributed by atoms with Crippen LogP contribution in [0, 0.1) is 0 Å². The number of nitrogens with zero attached hydrogens (tertiary/aromatic N) is 2. The zero-order valence-electron chi connectivity index (χ0n) is 23.3. The number of amides is 3. The molecule has 14 nitrogen and oxygen atoms in total. The summed E-state index contributed by atoms with van der Waals surface area (Å²) >= 11 is 1.02. The van der Waals surface area contributed by atoms with Gasteiger partial charge in [-0.25, -0.2) is 20.1 Å². The van der Waals surface area contributed by atoms with Crippen molar-refractivity contribution in [2.24, 2.45) is 5.16 Å². The Kier molecular flexibility index (Phi) is 8.38. The third-order valence-corrected chi connectivity index (χ3v) is 6.76. The third-order valence-electron chi connectivity index (χ3n) is 6.01. The highest BCUT2D eigenvalue weighted by Gasteiger charge is 2.54. The molecule has 0 aromatic carbocycles. The number of fused-ring (bicyclic) bond motifs is 2. The number of aromatic nitrogens is 1. The minimum Gasteiger partial charge on any atom is -0.457 e. The zero-order valence-corrected chi connectivity index (χ0v) is 24.1. The fourth-order valence-electron chi connectivity index (χ4n) is 4.39. The molecule has 3 amide bonds. The molecule has 4 rings (SSSR count). The normalized spacial score (nSPS) is 26.6. The number of anilines is 1. The maximum absolute atomic E-state index is 13.4. The fourth-order valence-corrected chi connectivity index (χ4v) is 5.07. The molecule has 3 fully saturated rings. The van der Waals surface area contributed by atoms with E-state index in [9.17, 15) is 19.2 Å². The monoisotopic (exact) mass is 581 g/mol. The highest BCUT2D eigenvalue weighted by atomic mass is 32.1. The van der Waals surface area contributed by atoms with Crippen molar-refractivity contribution in [3.05, 3.63) is 11.1 Å². The number of ether oxygens (including phenoxy) is 3. The second-order valence-corrected chi connectivity index (χ2v) is 12.7. The van der Waals surface area contributed by atoms with E-state index in [1.807, 2.05) is 0 Å². The molecule has 2 unspecified atom stereocenters. The van der Waals surface area contributed by atoms with E-state index in [-0.39, 0.29) is 48.2 Å². The van der Waals surface area contributed by atoms with E-state index in [4.69, 9.17) is 23.9 Å². The molecule has 3 N–H and O–H groups in total. The first-order valence-corrected chi connectivity index (χ1v) is 13.8. The van der Waals surface area contributed by atoms with E-state index in [0.717, 1.165) is 24.2 Å². The summed E-state index contributed by atoms with van der Waals surface area (Å²) in [5.74, 6) is -1.95. The molecule has 3 atom stereocenters. The SMILES string of the molecule is CC(C)(C)OC(=O)Nc1nc(/C(=N/OC2(C(=O)OC(C)(C)C)CC3CCC(C2)O3)C(=O)N[C@H]2CONC2=O)cs1. The molecule has 2 bridgehead atoms. The Morgan fingerprint density at radius 1 is 1.10 bits per heavy atom. The smallest absolute Gasteiger partial charge is 0.413 e. The maximum Gasteiger partial charge on any atom is 0.413 e. The van der Waals surface area contributed by atoms with Crippen LogP contribution in [-0.2, 0) is 38.3 Å². The van der Waals surface area contributed by atoms with Crippen LogP contribution in [0.5, 0.6) is 0 Å². The number of hydrogen-bond donors (Lipinski definition) is 3. The van der Waals surface area contributed by atoms with Crippen molar-refractivity contribution in [2.75, 3.05) is 11.9 Å². The molecule has 220 valence electrons. The standard InChI is InChI=1S/C25H35N5O9S/c1-23(2,3)37-20(33)25(9-13-7-8-14(10-25)36-13)39-29-17(19(32)26-15-11-35-30-18(15)31)16-12-40-21(27-16)28-22(34)38-24(4,5)6/h12-15H,7-11H2,1-6H3,(H,26,32)(H,30,31)(H,27,28,34)/b29-17-/t13?,14?,15-,25?/m0/s1. The van der Waals surface area contributed by atoms with Gasteiger partial charge < -0.3 is 24.4 Å². The molecule has 4 heterocycles. The Morgan fingerprint density at radius 2 is 1.75 bits per heavy atom. The number of carbonyl (C=O) groups is 4. The molecule has 3 aliphatic rings. The first kappa shape index (κ1) is 29.7. The first-order valence-electron chi connectivity index (χ1n) is 13.0. The summed E-state index contributed by atoms with van der Waals surface area (Å²) in [5, 5.41) is 10.8. The molecule has 0 spiro atoms. The number of oxime groups is 1. The molecule has 15 heteroatoms. The van der Waals surface area contributed by atoms with E-state index < -0.39 is 46.7 Å². The summed E-state index contributed by atoms with van der Waals surface area (Å²) in [5.41, 5.74) is -1.11. The number of rotatable bonds is 7. The summed E-state index contributed by atoms with van der Waals surface area (Å²) in [7, 11) is 0. The van der Waals surface area contributed by atoms with Gasteiger partial charge in [-0.05, 0) is 54.4 Å². The van der Waals surface area contributed by atoms with Crippen molar-refractivity contribution in [3.63, 3.8) is 0 Å². The maximum atomic E-state index is 13.4. The lowest BCUT2D eigenvalue weighted by Gasteiger charge is -2.38. The largest absolute Gasteiger partial charge is 0.457 e. The third kappa shape index (κ3) is 7.46. The van der Waals surface area contributed by atoms with Crippen molar-refractivity contribution in [1.29, 1.82) is 0 Å². The van der Waals surface area contributed by atoms with E-state index in [1.54, 1.807) is 41.5 Å². The number of carbonyl (C=O) groups excluding carboxylic acids is 4.